The zero-order valence-electron chi connectivity index (χ0n) is 19.7. The summed E-state index contributed by atoms with van der Waals surface area (Å²) >= 11 is 1.22. The molecule has 1 atom stereocenters. The third-order valence-electron chi connectivity index (χ3n) is 6.12. The van der Waals surface area contributed by atoms with Crippen LogP contribution >= 0.6 is 11.3 Å². The maximum absolute atomic E-state index is 13.4. The largest absolute Gasteiger partial charge is 0.507 e. The number of benzene rings is 3. The van der Waals surface area contributed by atoms with Crippen LogP contribution in [0.2, 0.25) is 0 Å². The molecule has 36 heavy (non-hydrogen) atoms. The number of nitrogens with zero attached hydrogens (tertiary/aromatic N) is 2. The van der Waals surface area contributed by atoms with Gasteiger partial charge >= 0.3 is 5.91 Å². The summed E-state index contributed by atoms with van der Waals surface area (Å²) in [7, 11) is 4.61. The number of aliphatic hydroxyl groups excluding tert-OH is 1. The number of rotatable bonds is 6. The summed E-state index contributed by atoms with van der Waals surface area (Å²) in [6.07, 6.45) is 1.55. The molecule has 0 saturated carbocycles. The molecular formula is C27H22N2O6S. The van der Waals surface area contributed by atoms with Gasteiger partial charge in [0.05, 0.1) is 26.9 Å². The van der Waals surface area contributed by atoms with E-state index in [1.807, 2.05) is 24.3 Å². The summed E-state index contributed by atoms with van der Waals surface area (Å²) in [4.78, 5) is 32.2. The Morgan fingerprint density at radius 3 is 2.31 bits per heavy atom. The molecule has 1 amide bonds. The summed E-state index contributed by atoms with van der Waals surface area (Å²) in [5.74, 6) is -0.242. The van der Waals surface area contributed by atoms with Gasteiger partial charge in [0, 0.05) is 22.7 Å². The van der Waals surface area contributed by atoms with Crippen molar-refractivity contribution in [3.63, 3.8) is 0 Å². The van der Waals surface area contributed by atoms with Gasteiger partial charge in [-0.1, -0.05) is 18.2 Å². The van der Waals surface area contributed by atoms with Gasteiger partial charge < -0.3 is 19.3 Å². The molecule has 3 aromatic carbocycles. The van der Waals surface area contributed by atoms with Gasteiger partial charge in [-0.25, -0.2) is 4.98 Å². The average molecular weight is 503 g/mol. The predicted molar refractivity (Wildman–Crippen MR) is 137 cm³/mol. The van der Waals surface area contributed by atoms with E-state index < -0.39 is 17.7 Å². The van der Waals surface area contributed by atoms with E-state index in [-0.39, 0.29) is 11.3 Å². The van der Waals surface area contributed by atoms with Crippen LogP contribution in [0.3, 0.4) is 0 Å². The van der Waals surface area contributed by atoms with Crippen molar-refractivity contribution < 1.29 is 28.9 Å². The van der Waals surface area contributed by atoms with Crippen LogP contribution in [-0.2, 0) is 9.59 Å². The standard InChI is InChI=1S/C27H22N2O6S/c1-33-18-7-6-15-12-17(5-4-16(15)13-18)24(30)22-23(20-14-19(34-2)8-9-21(20)35-3)29(26(32)25(22)31)27-28-10-11-36-27/h4-14,23,30H,1-3H3/b24-22+. The molecule has 9 heteroatoms. The Balaban J connectivity index is 1.74. The maximum atomic E-state index is 13.4. The Labute approximate surface area is 211 Å². The third kappa shape index (κ3) is 3.83. The van der Waals surface area contributed by atoms with Crippen molar-refractivity contribution >= 4 is 44.7 Å². The van der Waals surface area contributed by atoms with Crippen LogP contribution < -0.4 is 19.1 Å². The molecule has 5 rings (SSSR count). The number of fused-ring (bicyclic) bond motifs is 1. The van der Waals surface area contributed by atoms with Gasteiger partial charge in [0.25, 0.3) is 5.78 Å². The van der Waals surface area contributed by atoms with Gasteiger partial charge in [0.1, 0.15) is 29.0 Å². The van der Waals surface area contributed by atoms with Gasteiger partial charge in [0.15, 0.2) is 5.13 Å². The van der Waals surface area contributed by atoms with Gasteiger partial charge in [0.2, 0.25) is 0 Å². The predicted octanol–water partition coefficient (Wildman–Crippen LogP) is 4.95. The quantitative estimate of drug-likeness (QED) is 0.226. The first-order chi connectivity index (χ1) is 17.5. The third-order valence-corrected chi connectivity index (χ3v) is 6.89. The van der Waals surface area contributed by atoms with Crippen molar-refractivity contribution in [1.82, 2.24) is 4.98 Å². The Kier molecular flexibility index (Phi) is 6.07. The number of ketones is 1. The molecule has 1 fully saturated rings. The number of aromatic nitrogens is 1. The lowest BCUT2D eigenvalue weighted by Crippen LogP contribution is -2.29. The van der Waals surface area contributed by atoms with Crippen molar-refractivity contribution in [3.8, 4) is 17.2 Å². The minimum atomic E-state index is -0.979. The molecule has 1 saturated heterocycles. The number of methoxy groups -OCH3 is 3. The number of hydrogen-bond acceptors (Lipinski definition) is 8. The fourth-order valence-electron chi connectivity index (χ4n) is 4.37. The normalized spacial score (nSPS) is 17.0. The van der Waals surface area contributed by atoms with E-state index in [1.54, 1.807) is 49.0 Å². The zero-order valence-corrected chi connectivity index (χ0v) is 20.5. The first kappa shape index (κ1) is 23.4. The molecule has 2 heterocycles. The van der Waals surface area contributed by atoms with E-state index in [0.717, 1.165) is 10.8 Å². The van der Waals surface area contributed by atoms with Crippen molar-refractivity contribution in [3.05, 3.63) is 82.9 Å². The molecule has 182 valence electrons. The second-order valence-corrected chi connectivity index (χ2v) is 8.89. The molecule has 0 spiro atoms. The monoisotopic (exact) mass is 502 g/mol. The fourth-order valence-corrected chi connectivity index (χ4v) is 5.03. The first-order valence-corrected chi connectivity index (χ1v) is 11.9. The van der Waals surface area contributed by atoms with E-state index in [9.17, 15) is 14.7 Å². The van der Waals surface area contributed by atoms with E-state index in [0.29, 0.717) is 33.5 Å². The van der Waals surface area contributed by atoms with Crippen LogP contribution in [0, 0.1) is 0 Å². The summed E-state index contributed by atoms with van der Waals surface area (Å²) in [6, 6.07) is 15.0. The van der Waals surface area contributed by atoms with Crippen molar-refractivity contribution in [2.45, 2.75) is 6.04 Å². The molecule has 1 aliphatic rings. The smallest absolute Gasteiger partial charge is 0.301 e. The van der Waals surface area contributed by atoms with Crippen LogP contribution in [0.5, 0.6) is 17.2 Å². The molecule has 0 radical (unpaired) electrons. The molecule has 8 nitrogen and oxygen atoms in total. The Morgan fingerprint density at radius 2 is 1.61 bits per heavy atom. The summed E-state index contributed by atoms with van der Waals surface area (Å²) in [5, 5.41) is 15.3. The van der Waals surface area contributed by atoms with Crippen LogP contribution in [0.15, 0.2) is 71.7 Å². The first-order valence-electron chi connectivity index (χ1n) is 11.0. The second-order valence-electron chi connectivity index (χ2n) is 8.02. The minimum absolute atomic E-state index is 0.0605. The molecule has 0 aliphatic carbocycles. The molecule has 1 N–H and O–H groups in total. The van der Waals surface area contributed by atoms with Crippen LogP contribution in [0.25, 0.3) is 16.5 Å². The number of carbonyl (C=O) groups excluding carboxylic acids is 2. The molecule has 1 unspecified atom stereocenters. The van der Waals surface area contributed by atoms with E-state index >= 15 is 0 Å². The Morgan fingerprint density at radius 1 is 0.917 bits per heavy atom. The Bertz CT molecular complexity index is 1510. The number of carbonyl (C=O) groups is 2. The highest BCUT2D eigenvalue weighted by Gasteiger charge is 2.49. The SMILES string of the molecule is COc1ccc(OC)c(C2/C(=C(\O)c3ccc4cc(OC)ccc4c3)C(=O)C(=O)N2c2nccs2)c1. The molecule has 4 aromatic rings. The summed E-state index contributed by atoms with van der Waals surface area (Å²) in [6.45, 7) is 0. The highest BCUT2D eigenvalue weighted by Crippen LogP contribution is 2.46. The van der Waals surface area contributed by atoms with E-state index in [2.05, 4.69) is 4.98 Å². The number of aliphatic hydroxyl groups is 1. The molecule has 0 bridgehead atoms. The average Bonchev–Trinajstić information content (AvgIpc) is 3.53. The fraction of sp³-hybridized carbons (Fsp3) is 0.148. The number of amides is 1. The second kappa shape index (κ2) is 9.35. The lowest BCUT2D eigenvalue weighted by Gasteiger charge is -2.25. The summed E-state index contributed by atoms with van der Waals surface area (Å²) < 4.78 is 16.2. The summed E-state index contributed by atoms with van der Waals surface area (Å²) in [5.41, 5.74) is 0.824. The van der Waals surface area contributed by atoms with Crippen LogP contribution in [0.4, 0.5) is 5.13 Å². The van der Waals surface area contributed by atoms with Crippen molar-refractivity contribution in [2.24, 2.45) is 0 Å². The lowest BCUT2D eigenvalue weighted by molar-refractivity contribution is -0.132. The van der Waals surface area contributed by atoms with Crippen molar-refractivity contribution in [1.29, 1.82) is 0 Å². The molecular weight excluding hydrogens is 480 g/mol. The zero-order chi connectivity index (χ0) is 25.4. The van der Waals surface area contributed by atoms with Gasteiger partial charge in [-0.15, -0.1) is 11.3 Å². The number of hydrogen-bond donors (Lipinski definition) is 1. The van der Waals surface area contributed by atoms with E-state index in [1.165, 1.54) is 30.5 Å². The van der Waals surface area contributed by atoms with Crippen LogP contribution in [0.1, 0.15) is 17.2 Å². The lowest BCUT2D eigenvalue weighted by atomic mass is 9.94. The van der Waals surface area contributed by atoms with Gasteiger partial charge in [-0.2, -0.15) is 0 Å². The van der Waals surface area contributed by atoms with E-state index in [4.69, 9.17) is 14.2 Å². The number of Topliss-reactive ketones (excluding diaryl/α,β-unsaturated/α-hetero) is 1. The topological polar surface area (TPSA) is 98.2 Å². The number of anilines is 1. The highest BCUT2D eigenvalue weighted by molar-refractivity contribution is 7.14. The van der Waals surface area contributed by atoms with Crippen LogP contribution in [-0.4, -0.2) is 43.1 Å². The van der Waals surface area contributed by atoms with Gasteiger partial charge in [-0.3, -0.25) is 14.5 Å². The highest BCUT2D eigenvalue weighted by atomic mass is 32.1. The molecule has 1 aliphatic heterocycles. The minimum Gasteiger partial charge on any atom is -0.507 e. The van der Waals surface area contributed by atoms with Crippen molar-refractivity contribution in [2.75, 3.05) is 26.2 Å². The number of ether oxygens (including phenoxy) is 3. The number of thiazole rings is 1. The maximum Gasteiger partial charge on any atom is 0.301 e. The van der Waals surface area contributed by atoms with Gasteiger partial charge in [-0.05, 0) is 47.2 Å². The Hall–Kier alpha value is -4.37. The molecule has 1 aromatic heterocycles.